The van der Waals surface area contributed by atoms with Crippen molar-refractivity contribution in [3.8, 4) is 5.88 Å². The summed E-state index contributed by atoms with van der Waals surface area (Å²) in [5.41, 5.74) is 0.327. The van der Waals surface area contributed by atoms with Crippen molar-refractivity contribution in [2.24, 2.45) is 0 Å². The maximum Gasteiger partial charge on any atom is 0.343 e. The summed E-state index contributed by atoms with van der Waals surface area (Å²) in [5, 5.41) is 0. The molecule has 0 spiro atoms. The van der Waals surface area contributed by atoms with E-state index in [2.05, 4.69) is 9.72 Å². The molecule has 0 N–H and O–H groups in total. The minimum absolute atomic E-state index is 0.291. The van der Waals surface area contributed by atoms with Crippen molar-refractivity contribution in [1.29, 1.82) is 0 Å². The quantitative estimate of drug-likeness (QED) is 0.401. The average molecular weight is 251 g/mol. The highest BCUT2D eigenvalue weighted by atomic mass is 16.5. The lowest BCUT2D eigenvalue weighted by Gasteiger charge is -2.08. The Labute approximate surface area is 106 Å². The van der Waals surface area contributed by atoms with Crippen molar-refractivity contribution in [2.45, 2.75) is 25.7 Å². The molecule has 0 radical (unpaired) electrons. The van der Waals surface area contributed by atoms with E-state index in [-0.39, 0.29) is 0 Å². The fourth-order valence-electron chi connectivity index (χ4n) is 1.45. The van der Waals surface area contributed by atoms with Gasteiger partial charge in [0.05, 0.1) is 13.7 Å². The van der Waals surface area contributed by atoms with Crippen molar-refractivity contribution >= 4 is 12.3 Å². The summed E-state index contributed by atoms with van der Waals surface area (Å²) in [6, 6.07) is 3.27. The van der Waals surface area contributed by atoms with Gasteiger partial charge in [-0.1, -0.05) is 0 Å². The van der Waals surface area contributed by atoms with Crippen LogP contribution in [0.15, 0.2) is 18.3 Å². The third-order valence-corrected chi connectivity index (χ3v) is 2.38. The van der Waals surface area contributed by atoms with Crippen LogP contribution < -0.4 is 4.74 Å². The van der Waals surface area contributed by atoms with Crippen LogP contribution >= 0.6 is 0 Å². The van der Waals surface area contributed by atoms with E-state index in [9.17, 15) is 9.59 Å². The zero-order chi connectivity index (χ0) is 13.2. The van der Waals surface area contributed by atoms with E-state index in [1.165, 1.54) is 7.11 Å². The molecule has 0 atom stereocenters. The lowest BCUT2D eigenvalue weighted by atomic mass is 10.2. The Morgan fingerprint density at radius 2 is 2.22 bits per heavy atom. The van der Waals surface area contributed by atoms with Gasteiger partial charge in [0.15, 0.2) is 0 Å². The molecule has 0 saturated carbocycles. The van der Waals surface area contributed by atoms with Crippen LogP contribution in [0.2, 0.25) is 0 Å². The summed E-state index contributed by atoms with van der Waals surface area (Å²) >= 11 is 0. The van der Waals surface area contributed by atoms with E-state index in [1.807, 2.05) is 0 Å². The number of carbonyl (C=O) groups is 2. The maximum atomic E-state index is 11.4. The van der Waals surface area contributed by atoms with Gasteiger partial charge in [-0.15, -0.1) is 0 Å². The predicted octanol–water partition coefficient (Wildman–Crippen LogP) is 2.01. The van der Waals surface area contributed by atoms with Crippen LogP contribution in [0.25, 0.3) is 0 Å². The Morgan fingerprint density at radius 1 is 1.39 bits per heavy atom. The van der Waals surface area contributed by atoms with Gasteiger partial charge in [0.2, 0.25) is 5.88 Å². The van der Waals surface area contributed by atoms with Crippen LogP contribution in [0.5, 0.6) is 5.88 Å². The Bertz CT molecular complexity index is 392. The highest BCUT2D eigenvalue weighted by molar-refractivity contribution is 5.91. The Balaban J connectivity index is 2.42. The van der Waals surface area contributed by atoms with Crippen LogP contribution in [-0.2, 0) is 9.53 Å². The Kier molecular flexibility index (Phi) is 6.46. The zero-order valence-electron chi connectivity index (χ0n) is 10.4. The topological polar surface area (TPSA) is 65.5 Å². The molecule has 0 fully saturated rings. The molecule has 98 valence electrons. The summed E-state index contributed by atoms with van der Waals surface area (Å²) in [4.78, 5) is 25.5. The number of rotatable bonds is 8. The Morgan fingerprint density at radius 3 is 2.94 bits per heavy atom. The molecule has 0 bridgehead atoms. The predicted molar refractivity (Wildman–Crippen MR) is 65.6 cm³/mol. The van der Waals surface area contributed by atoms with Gasteiger partial charge in [0, 0.05) is 12.6 Å². The van der Waals surface area contributed by atoms with E-state index in [0.29, 0.717) is 24.5 Å². The molecule has 1 aromatic heterocycles. The van der Waals surface area contributed by atoms with E-state index in [0.717, 1.165) is 25.5 Å². The number of hydrogen-bond donors (Lipinski definition) is 0. The fraction of sp³-hybridized carbons (Fsp3) is 0.462. The summed E-state index contributed by atoms with van der Waals surface area (Å²) in [6.45, 7) is 0.472. The number of methoxy groups -OCH3 is 1. The summed E-state index contributed by atoms with van der Waals surface area (Å²) in [7, 11) is 1.32. The molecule has 18 heavy (non-hydrogen) atoms. The number of aldehydes is 1. The Hall–Kier alpha value is -1.91. The largest absolute Gasteiger partial charge is 0.477 e. The molecule has 1 aromatic rings. The number of ether oxygens (including phenoxy) is 2. The normalized spacial score (nSPS) is 9.83. The van der Waals surface area contributed by atoms with Crippen molar-refractivity contribution < 1.29 is 19.1 Å². The number of hydrogen-bond acceptors (Lipinski definition) is 5. The van der Waals surface area contributed by atoms with Gasteiger partial charge in [-0.3, -0.25) is 0 Å². The van der Waals surface area contributed by atoms with E-state index < -0.39 is 5.97 Å². The average Bonchev–Trinajstić information content (AvgIpc) is 2.42. The highest BCUT2D eigenvalue weighted by Gasteiger charge is 2.13. The number of pyridine rings is 1. The third kappa shape index (κ3) is 4.53. The van der Waals surface area contributed by atoms with Crippen LogP contribution in [0, 0.1) is 0 Å². The second-order valence-corrected chi connectivity index (χ2v) is 3.71. The first-order valence-electron chi connectivity index (χ1n) is 5.89. The molecular formula is C13H17NO4. The van der Waals surface area contributed by atoms with Crippen LogP contribution in [0.3, 0.4) is 0 Å². The molecule has 0 aliphatic heterocycles. The first kappa shape index (κ1) is 14.2. The zero-order valence-corrected chi connectivity index (χ0v) is 10.4. The molecule has 5 heteroatoms. The highest BCUT2D eigenvalue weighted by Crippen LogP contribution is 2.15. The molecule has 1 heterocycles. The van der Waals surface area contributed by atoms with Crippen molar-refractivity contribution in [3.05, 3.63) is 23.9 Å². The first-order chi connectivity index (χ1) is 8.79. The molecule has 0 amide bonds. The standard InChI is InChI=1S/C13H17NO4/c1-17-13(16)11-7-6-8-14-12(11)18-10-5-3-2-4-9-15/h6-9H,2-5,10H2,1H3. The fourth-order valence-corrected chi connectivity index (χ4v) is 1.45. The molecule has 0 saturated heterocycles. The van der Waals surface area contributed by atoms with Crippen molar-refractivity contribution in [2.75, 3.05) is 13.7 Å². The lowest BCUT2D eigenvalue weighted by molar-refractivity contribution is -0.107. The minimum Gasteiger partial charge on any atom is -0.477 e. The number of esters is 1. The summed E-state index contributed by atoms with van der Waals surface area (Å²) in [6.07, 6.45) is 5.66. The molecule has 0 unspecified atom stereocenters. The monoisotopic (exact) mass is 251 g/mol. The number of unbranched alkanes of at least 4 members (excludes halogenated alkanes) is 3. The SMILES string of the molecule is COC(=O)c1cccnc1OCCCCCC=O. The van der Waals surface area contributed by atoms with Crippen molar-refractivity contribution in [1.82, 2.24) is 4.98 Å². The van der Waals surface area contributed by atoms with Gasteiger partial charge in [0.25, 0.3) is 0 Å². The number of carbonyl (C=O) groups excluding carboxylic acids is 2. The number of aromatic nitrogens is 1. The molecule has 5 nitrogen and oxygen atoms in total. The molecular weight excluding hydrogens is 234 g/mol. The second-order valence-electron chi connectivity index (χ2n) is 3.71. The smallest absolute Gasteiger partial charge is 0.343 e. The first-order valence-corrected chi connectivity index (χ1v) is 5.89. The molecule has 0 aliphatic carbocycles. The van der Waals surface area contributed by atoms with Gasteiger partial charge >= 0.3 is 5.97 Å². The van der Waals surface area contributed by atoms with Gasteiger partial charge in [-0.2, -0.15) is 0 Å². The van der Waals surface area contributed by atoms with Crippen molar-refractivity contribution in [3.63, 3.8) is 0 Å². The minimum atomic E-state index is -0.459. The molecule has 1 rings (SSSR count). The van der Waals surface area contributed by atoms with Gasteiger partial charge in [-0.25, -0.2) is 9.78 Å². The van der Waals surface area contributed by atoms with Crippen LogP contribution in [-0.4, -0.2) is 31.0 Å². The summed E-state index contributed by atoms with van der Waals surface area (Å²) in [5.74, 6) is -0.168. The lowest BCUT2D eigenvalue weighted by Crippen LogP contribution is -2.08. The number of nitrogens with zero attached hydrogens (tertiary/aromatic N) is 1. The summed E-state index contributed by atoms with van der Waals surface area (Å²) < 4.78 is 10.1. The van der Waals surface area contributed by atoms with Crippen LogP contribution in [0.4, 0.5) is 0 Å². The van der Waals surface area contributed by atoms with Gasteiger partial charge < -0.3 is 14.3 Å². The molecule has 0 aromatic carbocycles. The van der Waals surface area contributed by atoms with Gasteiger partial charge in [0.1, 0.15) is 11.8 Å². The van der Waals surface area contributed by atoms with E-state index >= 15 is 0 Å². The maximum absolute atomic E-state index is 11.4. The van der Waals surface area contributed by atoms with E-state index in [4.69, 9.17) is 4.74 Å². The second kappa shape index (κ2) is 8.22. The van der Waals surface area contributed by atoms with E-state index in [1.54, 1.807) is 18.3 Å². The third-order valence-electron chi connectivity index (χ3n) is 2.38. The molecule has 0 aliphatic rings. The van der Waals surface area contributed by atoms with Crippen LogP contribution in [0.1, 0.15) is 36.0 Å². The van der Waals surface area contributed by atoms with Gasteiger partial charge in [-0.05, 0) is 31.4 Å².